The first-order chi connectivity index (χ1) is 11.4. The van der Waals surface area contributed by atoms with E-state index >= 15 is 0 Å². The van der Waals surface area contributed by atoms with E-state index in [0.717, 1.165) is 19.4 Å². The number of carbonyl (C=O) groups is 2. The van der Waals surface area contributed by atoms with E-state index in [1.54, 1.807) is 0 Å². The van der Waals surface area contributed by atoms with Crippen LogP contribution in [0.4, 0.5) is 0 Å². The highest BCUT2D eigenvalue weighted by Crippen LogP contribution is 2.26. The first kappa shape index (κ1) is 19.5. The molecule has 2 rings (SSSR count). The Kier molecular flexibility index (Phi) is 6.89. The minimum absolute atomic E-state index is 0.140. The van der Waals surface area contributed by atoms with E-state index in [9.17, 15) is 9.59 Å². The summed E-state index contributed by atoms with van der Waals surface area (Å²) in [7, 11) is 0. The van der Waals surface area contributed by atoms with Gasteiger partial charge in [0, 0.05) is 31.7 Å². The van der Waals surface area contributed by atoms with Gasteiger partial charge in [0.05, 0.1) is 6.54 Å². The summed E-state index contributed by atoms with van der Waals surface area (Å²) in [6.45, 7) is 11.2. The smallest absolute Gasteiger partial charge is 0.253 e. The topological polar surface area (TPSA) is 64.7 Å². The van der Waals surface area contributed by atoms with E-state index in [0.29, 0.717) is 31.5 Å². The lowest BCUT2D eigenvalue weighted by atomic mass is 9.84. The third-order valence-corrected chi connectivity index (χ3v) is 5.95. The van der Waals surface area contributed by atoms with Gasteiger partial charge >= 0.3 is 0 Å². The molecule has 2 aliphatic heterocycles. The fraction of sp³-hybridized carbons (Fsp3) is 0.882. The standard InChI is InChI=1S/C17H31ClN4O2/c1-5-6-13(11(2)3)12(4)22-8-7-21(10-15(22)23)14-9-19-20-17(24)16(14)18/h11-14,16,19H,5-10H2,1-4H3,(H,20,24)/t12-,13?,14?,16?/m0/s1. The third kappa shape index (κ3) is 4.21. The van der Waals surface area contributed by atoms with E-state index in [4.69, 9.17) is 11.6 Å². The molecule has 0 aliphatic carbocycles. The van der Waals surface area contributed by atoms with Crippen molar-refractivity contribution >= 4 is 23.4 Å². The van der Waals surface area contributed by atoms with Crippen molar-refractivity contribution < 1.29 is 9.59 Å². The summed E-state index contributed by atoms with van der Waals surface area (Å²) < 4.78 is 0. The van der Waals surface area contributed by atoms with Crippen molar-refractivity contribution in [2.24, 2.45) is 11.8 Å². The molecule has 0 aromatic carbocycles. The van der Waals surface area contributed by atoms with Gasteiger partial charge in [-0.25, -0.2) is 5.43 Å². The summed E-state index contributed by atoms with van der Waals surface area (Å²) in [6.07, 6.45) is 2.28. The summed E-state index contributed by atoms with van der Waals surface area (Å²) in [6, 6.07) is 0.109. The SMILES string of the molecule is CCCC(C(C)C)[C@H](C)N1CCN(C2CNNC(=O)C2Cl)CC1=O. The van der Waals surface area contributed by atoms with Crippen LogP contribution in [0.3, 0.4) is 0 Å². The summed E-state index contributed by atoms with van der Waals surface area (Å²) in [4.78, 5) is 28.5. The number of amides is 2. The van der Waals surface area contributed by atoms with Gasteiger partial charge in [0.1, 0.15) is 5.38 Å². The van der Waals surface area contributed by atoms with Gasteiger partial charge in [0.2, 0.25) is 5.91 Å². The molecule has 2 amide bonds. The Morgan fingerprint density at radius 1 is 1.25 bits per heavy atom. The number of hydrogen-bond acceptors (Lipinski definition) is 4. The predicted octanol–water partition coefficient (Wildman–Crippen LogP) is 1.20. The maximum atomic E-state index is 12.7. The number of nitrogens with zero attached hydrogens (tertiary/aromatic N) is 2. The molecule has 0 aromatic heterocycles. The molecule has 0 bridgehead atoms. The number of rotatable bonds is 6. The second-order valence-corrected chi connectivity index (χ2v) is 7.80. The molecule has 2 heterocycles. The maximum Gasteiger partial charge on any atom is 0.253 e. The summed E-state index contributed by atoms with van der Waals surface area (Å²) >= 11 is 6.23. The van der Waals surface area contributed by atoms with Crippen LogP contribution in [-0.2, 0) is 9.59 Å². The van der Waals surface area contributed by atoms with Crippen LogP contribution in [0.25, 0.3) is 0 Å². The van der Waals surface area contributed by atoms with Crippen LogP contribution in [-0.4, -0.2) is 65.3 Å². The van der Waals surface area contributed by atoms with Gasteiger partial charge in [-0.3, -0.25) is 19.9 Å². The van der Waals surface area contributed by atoms with Crippen molar-refractivity contribution in [1.82, 2.24) is 20.7 Å². The highest BCUT2D eigenvalue weighted by molar-refractivity contribution is 6.31. The van der Waals surface area contributed by atoms with E-state index in [1.807, 2.05) is 9.80 Å². The molecule has 0 radical (unpaired) electrons. The Bertz CT molecular complexity index is 460. The van der Waals surface area contributed by atoms with Gasteiger partial charge in [0.15, 0.2) is 0 Å². The van der Waals surface area contributed by atoms with Gasteiger partial charge < -0.3 is 4.90 Å². The van der Waals surface area contributed by atoms with E-state index < -0.39 is 5.38 Å². The number of alkyl halides is 1. The second kappa shape index (κ2) is 8.50. The second-order valence-electron chi connectivity index (χ2n) is 7.33. The van der Waals surface area contributed by atoms with Crippen LogP contribution in [0, 0.1) is 11.8 Å². The number of piperazine rings is 1. The van der Waals surface area contributed by atoms with Gasteiger partial charge in [-0.1, -0.05) is 27.2 Å². The lowest BCUT2D eigenvalue weighted by Crippen LogP contribution is -2.66. The molecule has 0 aromatic rings. The molecule has 2 fully saturated rings. The zero-order chi connectivity index (χ0) is 17.9. The van der Waals surface area contributed by atoms with Crippen LogP contribution in [0.2, 0.25) is 0 Å². The first-order valence-corrected chi connectivity index (χ1v) is 9.50. The lowest BCUT2D eigenvalue weighted by Gasteiger charge is -2.45. The van der Waals surface area contributed by atoms with E-state index in [-0.39, 0.29) is 23.9 Å². The fourth-order valence-corrected chi connectivity index (χ4v) is 4.32. The van der Waals surface area contributed by atoms with Crippen molar-refractivity contribution in [3.63, 3.8) is 0 Å². The summed E-state index contributed by atoms with van der Waals surface area (Å²) in [5.41, 5.74) is 5.40. The van der Waals surface area contributed by atoms with Crippen LogP contribution in [0.1, 0.15) is 40.5 Å². The molecule has 2 saturated heterocycles. The number of carbonyl (C=O) groups excluding carboxylic acids is 2. The Balaban J connectivity index is 1.99. The molecule has 3 unspecified atom stereocenters. The molecule has 138 valence electrons. The van der Waals surface area contributed by atoms with Crippen molar-refractivity contribution in [3.05, 3.63) is 0 Å². The largest absolute Gasteiger partial charge is 0.337 e. The zero-order valence-electron chi connectivity index (χ0n) is 15.2. The molecular formula is C17H31ClN4O2. The normalized spacial score (nSPS) is 28.8. The van der Waals surface area contributed by atoms with Crippen molar-refractivity contribution in [1.29, 1.82) is 0 Å². The Morgan fingerprint density at radius 2 is 1.96 bits per heavy atom. The Morgan fingerprint density at radius 3 is 2.54 bits per heavy atom. The molecule has 7 heteroatoms. The molecule has 4 atom stereocenters. The summed E-state index contributed by atoms with van der Waals surface area (Å²) in [5.74, 6) is 1.00. The van der Waals surface area contributed by atoms with Crippen LogP contribution in [0.5, 0.6) is 0 Å². The van der Waals surface area contributed by atoms with Crippen LogP contribution < -0.4 is 10.9 Å². The average molecular weight is 359 g/mol. The quantitative estimate of drug-likeness (QED) is 0.700. The molecule has 0 saturated carbocycles. The predicted molar refractivity (Wildman–Crippen MR) is 95.6 cm³/mol. The zero-order valence-corrected chi connectivity index (χ0v) is 16.0. The third-order valence-electron chi connectivity index (χ3n) is 5.46. The first-order valence-electron chi connectivity index (χ1n) is 9.07. The van der Waals surface area contributed by atoms with Gasteiger partial charge in [-0.05, 0) is 25.2 Å². The van der Waals surface area contributed by atoms with Crippen molar-refractivity contribution in [3.8, 4) is 0 Å². The number of halogens is 1. The van der Waals surface area contributed by atoms with Crippen LogP contribution >= 0.6 is 11.6 Å². The van der Waals surface area contributed by atoms with E-state index in [2.05, 4.69) is 38.5 Å². The molecule has 6 nitrogen and oxygen atoms in total. The number of nitrogens with one attached hydrogen (secondary N) is 2. The molecule has 2 aliphatic rings. The monoisotopic (exact) mass is 358 g/mol. The van der Waals surface area contributed by atoms with Crippen molar-refractivity contribution in [2.45, 2.75) is 58.0 Å². The van der Waals surface area contributed by atoms with Gasteiger partial charge in [0.25, 0.3) is 5.91 Å². The maximum absolute atomic E-state index is 12.7. The van der Waals surface area contributed by atoms with E-state index in [1.165, 1.54) is 0 Å². The highest BCUT2D eigenvalue weighted by Gasteiger charge is 2.39. The highest BCUT2D eigenvalue weighted by atomic mass is 35.5. The molecule has 2 N–H and O–H groups in total. The minimum atomic E-state index is -0.619. The molecular weight excluding hydrogens is 328 g/mol. The van der Waals surface area contributed by atoms with Gasteiger partial charge in [-0.2, -0.15) is 0 Å². The molecule has 24 heavy (non-hydrogen) atoms. The van der Waals surface area contributed by atoms with Crippen LogP contribution in [0.15, 0.2) is 0 Å². The Labute approximate surface area is 150 Å². The minimum Gasteiger partial charge on any atom is -0.337 e. The Hall–Kier alpha value is -0.850. The molecule has 0 spiro atoms. The number of hydrogen-bond donors (Lipinski definition) is 2. The van der Waals surface area contributed by atoms with Crippen molar-refractivity contribution in [2.75, 3.05) is 26.2 Å². The average Bonchev–Trinajstić information content (AvgIpc) is 2.54. The fourth-order valence-electron chi connectivity index (χ4n) is 4.02. The lowest BCUT2D eigenvalue weighted by molar-refractivity contribution is -0.142. The summed E-state index contributed by atoms with van der Waals surface area (Å²) in [5, 5.41) is -0.619. The number of hydrazine groups is 1. The van der Waals surface area contributed by atoms with Gasteiger partial charge in [-0.15, -0.1) is 11.6 Å².